The van der Waals surface area contributed by atoms with Gasteiger partial charge in [0.1, 0.15) is 5.52 Å². The summed E-state index contributed by atoms with van der Waals surface area (Å²) in [5.41, 5.74) is 7.25. The summed E-state index contributed by atoms with van der Waals surface area (Å²) in [7, 11) is 0. The lowest BCUT2D eigenvalue weighted by Crippen LogP contribution is -2.29. The lowest BCUT2D eigenvalue weighted by atomic mass is 10.1. The Balaban J connectivity index is 2.83. The Hall–Kier alpha value is -1.95. The Morgan fingerprint density at radius 3 is 2.88 bits per heavy atom. The highest BCUT2D eigenvalue weighted by molar-refractivity contribution is 5.85. The predicted molar refractivity (Wildman–Crippen MR) is 64.7 cm³/mol. The number of anilines is 1. The number of fused-ring (bicyclic) bond motifs is 1. The second kappa shape index (κ2) is 4.14. The van der Waals surface area contributed by atoms with E-state index in [9.17, 15) is 4.79 Å². The Morgan fingerprint density at radius 2 is 2.24 bits per heavy atom. The standard InChI is InChI=1S/C11H14N4O2/c1-6(5-16)15-11(17)10-7(2)8(12)3-4-9(10)13-14-15/h3-4,6,16H,5,12H2,1-2H3/t6-/m1/s1. The summed E-state index contributed by atoms with van der Waals surface area (Å²) >= 11 is 0. The molecule has 0 bridgehead atoms. The molecule has 0 fully saturated rings. The van der Waals surface area contributed by atoms with Crippen molar-refractivity contribution in [2.24, 2.45) is 0 Å². The van der Waals surface area contributed by atoms with E-state index in [1.165, 1.54) is 4.68 Å². The largest absolute Gasteiger partial charge is 0.398 e. The third-order valence-electron chi connectivity index (χ3n) is 2.84. The van der Waals surface area contributed by atoms with Gasteiger partial charge in [0.2, 0.25) is 0 Å². The molecule has 1 aromatic carbocycles. The normalized spacial score (nSPS) is 12.9. The van der Waals surface area contributed by atoms with E-state index >= 15 is 0 Å². The molecule has 2 aromatic rings. The Morgan fingerprint density at radius 1 is 1.53 bits per heavy atom. The first-order chi connectivity index (χ1) is 8.06. The van der Waals surface area contributed by atoms with Crippen LogP contribution in [0.1, 0.15) is 18.5 Å². The molecule has 2 rings (SSSR count). The highest BCUT2D eigenvalue weighted by atomic mass is 16.3. The second-order valence-electron chi connectivity index (χ2n) is 4.04. The summed E-state index contributed by atoms with van der Waals surface area (Å²) in [6.45, 7) is 3.31. The van der Waals surface area contributed by atoms with Gasteiger partial charge in [-0.1, -0.05) is 5.21 Å². The van der Waals surface area contributed by atoms with Gasteiger partial charge in [-0.3, -0.25) is 4.79 Å². The summed E-state index contributed by atoms with van der Waals surface area (Å²) in [4.78, 5) is 12.2. The smallest absolute Gasteiger partial charge is 0.278 e. The van der Waals surface area contributed by atoms with Gasteiger partial charge in [0.15, 0.2) is 0 Å². The molecular formula is C11H14N4O2. The summed E-state index contributed by atoms with van der Waals surface area (Å²) in [5.74, 6) is 0. The average Bonchev–Trinajstić information content (AvgIpc) is 2.33. The molecule has 0 unspecified atom stereocenters. The average molecular weight is 234 g/mol. The third-order valence-corrected chi connectivity index (χ3v) is 2.84. The van der Waals surface area contributed by atoms with Crippen LogP contribution in [0.4, 0.5) is 5.69 Å². The van der Waals surface area contributed by atoms with Crippen molar-refractivity contribution in [2.45, 2.75) is 19.9 Å². The van der Waals surface area contributed by atoms with Crippen molar-refractivity contribution in [1.29, 1.82) is 0 Å². The van der Waals surface area contributed by atoms with Gasteiger partial charge in [0.05, 0.1) is 18.0 Å². The Bertz CT molecular complexity index is 621. The maximum atomic E-state index is 12.2. The highest BCUT2D eigenvalue weighted by Gasteiger charge is 2.13. The van der Waals surface area contributed by atoms with E-state index in [0.717, 1.165) is 0 Å². The lowest BCUT2D eigenvalue weighted by Gasteiger charge is -2.11. The third kappa shape index (κ3) is 1.76. The molecule has 0 saturated carbocycles. The first-order valence-corrected chi connectivity index (χ1v) is 5.31. The van der Waals surface area contributed by atoms with Crippen LogP contribution in [0.15, 0.2) is 16.9 Å². The lowest BCUT2D eigenvalue weighted by molar-refractivity contribution is 0.223. The molecule has 0 aliphatic rings. The van der Waals surface area contributed by atoms with Crippen molar-refractivity contribution in [3.05, 3.63) is 28.0 Å². The van der Waals surface area contributed by atoms with E-state index in [1.54, 1.807) is 26.0 Å². The topological polar surface area (TPSA) is 94.0 Å². The van der Waals surface area contributed by atoms with E-state index in [-0.39, 0.29) is 12.2 Å². The van der Waals surface area contributed by atoms with Crippen LogP contribution in [0.2, 0.25) is 0 Å². The van der Waals surface area contributed by atoms with E-state index < -0.39 is 6.04 Å². The van der Waals surface area contributed by atoms with Crippen LogP contribution < -0.4 is 11.3 Å². The summed E-state index contributed by atoms with van der Waals surface area (Å²) < 4.78 is 1.18. The number of nitrogens with zero attached hydrogens (tertiary/aromatic N) is 3. The Labute approximate surface area is 97.7 Å². The van der Waals surface area contributed by atoms with E-state index in [1.807, 2.05) is 0 Å². The van der Waals surface area contributed by atoms with Crippen LogP contribution in [0.3, 0.4) is 0 Å². The fourth-order valence-corrected chi connectivity index (χ4v) is 1.68. The molecule has 6 heteroatoms. The van der Waals surface area contributed by atoms with Gasteiger partial charge in [0.25, 0.3) is 5.56 Å². The summed E-state index contributed by atoms with van der Waals surface area (Å²) in [6.07, 6.45) is 0. The van der Waals surface area contributed by atoms with Gasteiger partial charge in [-0.2, -0.15) is 0 Å². The van der Waals surface area contributed by atoms with Gasteiger partial charge in [-0.05, 0) is 31.5 Å². The van der Waals surface area contributed by atoms with Crippen LogP contribution >= 0.6 is 0 Å². The quantitative estimate of drug-likeness (QED) is 0.726. The zero-order valence-corrected chi connectivity index (χ0v) is 9.71. The number of aliphatic hydroxyl groups excluding tert-OH is 1. The minimum atomic E-state index is -0.403. The van der Waals surface area contributed by atoms with E-state index in [2.05, 4.69) is 10.3 Å². The van der Waals surface area contributed by atoms with Crippen LogP contribution in [0, 0.1) is 6.92 Å². The van der Waals surface area contributed by atoms with Gasteiger partial charge >= 0.3 is 0 Å². The Kier molecular flexibility index (Phi) is 2.81. The number of rotatable bonds is 2. The van der Waals surface area contributed by atoms with Crippen LogP contribution in [-0.4, -0.2) is 26.7 Å². The fourth-order valence-electron chi connectivity index (χ4n) is 1.68. The van der Waals surface area contributed by atoms with Crippen LogP contribution in [0.25, 0.3) is 10.9 Å². The minimum absolute atomic E-state index is 0.165. The van der Waals surface area contributed by atoms with E-state index in [0.29, 0.717) is 22.2 Å². The number of benzene rings is 1. The molecular weight excluding hydrogens is 220 g/mol. The maximum absolute atomic E-state index is 12.2. The molecule has 0 aliphatic carbocycles. The zero-order chi connectivity index (χ0) is 12.6. The van der Waals surface area contributed by atoms with Gasteiger partial charge in [-0.25, -0.2) is 4.68 Å². The monoisotopic (exact) mass is 234 g/mol. The molecule has 0 amide bonds. The van der Waals surface area contributed by atoms with Crippen molar-refractivity contribution < 1.29 is 5.11 Å². The molecule has 6 nitrogen and oxygen atoms in total. The van der Waals surface area contributed by atoms with Crippen molar-refractivity contribution in [3.8, 4) is 0 Å². The first-order valence-electron chi connectivity index (χ1n) is 5.31. The van der Waals surface area contributed by atoms with Crippen LogP contribution in [-0.2, 0) is 0 Å². The molecule has 0 aliphatic heterocycles. The van der Waals surface area contributed by atoms with Crippen molar-refractivity contribution in [2.75, 3.05) is 12.3 Å². The van der Waals surface area contributed by atoms with Crippen LogP contribution in [0.5, 0.6) is 0 Å². The number of aliphatic hydroxyl groups is 1. The summed E-state index contributed by atoms with van der Waals surface area (Å²) in [5, 5.41) is 17.3. The van der Waals surface area contributed by atoms with Crippen molar-refractivity contribution >= 4 is 16.6 Å². The fraction of sp³-hybridized carbons (Fsp3) is 0.364. The predicted octanol–water partition coefficient (Wildman–Crippen LogP) is 0.235. The summed E-state index contributed by atoms with van der Waals surface area (Å²) in [6, 6.07) is 2.96. The van der Waals surface area contributed by atoms with Crippen molar-refractivity contribution in [3.63, 3.8) is 0 Å². The molecule has 1 aromatic heterocycles. The molecule has 3 N–H and O–H groups in total. The number of nitrogens with two attached hydrogens (primary N) is 1. The molecule has 17 heavy (non-hydrogen) atoms. The highest BCUT2D eigenvalue weighted by Crippen LogP contribution is 2.18. The molecule has 0 saturated heterocycles. The minimum Gasteiger partial charge on any atom is -0.398 e. The van der Waals surface area contributed by atoms with Crippen molar-refractivity contribution in [1.82, 2.24) is 15.0 Å². The molecule has 90 valence electrons. The van der Waals surface area contributed by atoms with Gasteiger partial charge < -0.3 is 10.8 Å². The second-order valence-corrected chi connectivity index (χ2v) is 4.04. The van der Waals surface area contributed by atoms with Gasteiger partial charge in [0, 0.05) is 5.69 Å². The molecule has 0 radical (unpaired) electrons. The molecule has 1 atom stereocenters. The number of nitrogen functional groups attached to an aromatic ring is 1. The number of aryl methyl sites for hydroxylation is 1. The zero-order valence-electron chi connectivity index (χ0n) is 9.71. The number of hydrogen-bond acceptors (Lipinski definition) is 5. The molecule has 1 heterocycles. The number of hydrogen-bond donors (Lipinski definition) is 2. The first kappa shape index (κ1) is 11.5. The SMILES string of the molecule is Cc1c(N)ccc2nnn([C@H](C)CO)c(=O)c12. The number of aromatic nitrogens is 3. The maximum Gasteiger partial charge on any atom is 0.278 e. The van der Waals surface area contributed by atoms with E-state index in [4.69, 9.17) is 10.8 Å². The van der Waals surface area contributed by atoms with Gasteiger partial charge in [-0.15, -0.1) is 5.10 Å². The molecule has 0 spiro atoms.